The quantitative estimate of drug-likeness (QED) is 0.528. The molecule has 1 fully saturated rings. The number of hydrogen-bond acceptors (Lipinski definition) is 4. The van der Waals surface area contributed by atoms with Gasteiger partial charge in [-0.05, 0) is 38.3 Å². The summed E-state index contributed by atoms with van der Waals surface area (Å²) in [6.45, 7) is 4.68. The van der Waals surface area contributed by atoms with Crippen LogP contribution in [0.25, 0.3) is 33.2 Å². The number of nitrogens with zero attached hydrogens (tertiary/aromatic N) is 5. The molecule has 6 nitrogen and oxygen atoms in total. The minimum absolute atomic E-state index is 0.00786. The molecule has 144 valence electrons. The monoisotopic (exact) mass is 375 g/mol. The summed E-state index contributed by atoms with van der Waals surface area (Å²) in [6, 6.07) is 8.21. The predicted molar refractivity (Wildman–Crippen MR) is 112 cm³/mol. The molecule has 0 spiro atoms. The highest BCUT2D eigenvalue weighted by molar-refractivity contribution is 6.04. The van der Waals surface area contributed by atoms with E-state index in [1.165, 1.54) is 19.3 Å². The Bertz CT molecular complexity index is 1250. The standard InChI is InChI=1S/C22H25N5O/c1-3-13-26-14(2)23-20-18(22(26)28)19-21(27(20)15-9-5-4-6-10-15)25-17-12-8-7-11-16(17)24-19/h7-8,11-12,15H,3-6,9-10,13H2,1-2H3. The molecule has 0 unspecified atom stereocenters. The SMILES string of the molecule is CCCn1c(C)nc2c(c1=O)c1nc3ccccc3nc1n2C1CCCCC1. The van der Waals surface area contributed by atoms with Crippen LogP contribution in [0.15, 0.2) is 29.1 Å². The van der Waals surface area contributed by atoms with Gasteiger partial charge in [-0.3, -0.25) is 9.36 Å². The molecule has 1 aromatic carbocycles. The van der Waals surface area contributed by atoms with Crippen LogP contribution in [-0.2, 0) is 6.54 Å². The van der Waals surface area contributed by atoms with E-state index in [0.717, 1.165) is 47.4 Å². The number of hydrogen-bond donors (Lipinski definition) is 0. The molecular weight excluding hydrogens is 350 g/mol. The summed E-state index contributed by atoms with van der Waals surface area (Å²) in [5.74, 6) is 0.767. The van der Waals surface area contributed by atoms with Crippen molar-refractivity contribution >= 4 is 33.2 Å². The van der Waals surface area contributed by atoms with Crippen molar-refractivity contribution in [1.82, 2.24) is 24.1 Å². The first-order chi connectivity index (χ1) is 13.7. The summed E-state index contributed by atoms with van der Waals surface area (Å²) in [5.41, 5.74) is 3.95. The van der Waals surface area contributed by atoms with Crippen molar-refractivity contribution in [1.29, 1.82) is 0 Å². The van der Waals surface area contributed by atoms with Crippen LogP contribution >= 0.6 is 0 Å². The zero-order chi connectivity index (χ0) is 19.3. The topological polar surface area (TPSA) is 65.6 Å². The third kappa shape index (κ3) is 2.54. The van der Waals surface area contributed by atoms with Gasteiger partial charge in [0.25, 0.3) is 5.56 Å². The minimum atomic E-state index is 0.00786. The maximum Gasteiger partial charge on any atom is 0.265 e. The van der Waals surface area contributed by atoms with E-state index in [2.05, 4.69) is 11.5 Å². The molecule has 0 radical (unpaired) electrons. The Morgan fingerprint density at radius 1 is 1.00 bits per heavy atom. The summed E-state index contributed by atoms with van der Waals surface area (Å²) >= 11 is 0. The second kappa shape index (κ2) is 6.69. The van der Waals surface area contributed by atoms with Crippen molar-refractivity contribution in [3.63, 3.8) is 0 Å². The van der Waals surface area contributed by atoms with Crippen LogP contribution < -0.4 is 5.56 Å². The molecule has 1 aliphatic carbocycles. The van der Waals surface area contributed by atoms with E-state index < -0.39 is 0 Å². The zero-order valence-corrected chi connectivity index (χ0v) is 16.5. The Balaban J connectivity index is 1.94. The van der Waals surface area contributed by atoms with Crippen molar-refractivity contribution < 1.29 is 0 Å². The number of aromatic nitrogens is 5. The van der Waals surface area contributed by atoms with E-state index in [1.54, 1.807) is 4.57 Å². The maximum absolute atomic E-state index is 13.4. The molecule has 0 saturated heterocycles. The molecule has 0 aliphatic heterocycles. The van der Waals surface area contributed by atoms with Crippen LogP contribution in [0.3, 0.4) is 0 Å². The van der Waals surface area contributed by atoms with Gasteiger partial charge in [0, 0.05) is 12.6 Å². The third-order valence-electron chi connectivity index (χ3n) is 5.97. The van der Waals surface area contributed by atoms with Crippen LogP contribution in [-0.4, -0.2) is 24.1 Å². The molecule has 5 rings (SSSR count). The molecule has 0 N–H and O–H groups in total. The lowest BCUT2D eigenvalue weighted by Gasteiger charge is -2.24. The fraction of sp³-hybridized carbons (Fsp3) is 0.455. The highest BCUT2D eigenvalue weighted by atomic mass is 16.1. The van der Waals surface area contributed by atoms with E-state index in [-0.39, 0.29) is 5.56 Å². The zero-order valence-electron chi connectivity index (χ0n) is 16.5. The van der Waals surface area contributed by atoms with E-state index in [4.69, 9.17) is 15.0 Å². The lowest BCUT2D eigenvalue weighted by Crippen LogP contribution is -2.24. The molecule has 3 aromatic heterocycles. The first-order valence-electron chi connectivity index (χ1n) is 10.4. The van der Waals surface area contributed by atoms with E-state index >= 15 is 0 Å². The van der Waals surface area contributed by atoms with Gasteiger partial charge in [-0.1, -0.05) is 38.3 Å². The Morgan fingerprint density at radius 2 is 1.71 bits per heavy atom. The first kappa shape index (κ1) is 17.3. The van der Waals surface area contributed by atoms with Gasteiger partial charge < -0.3 is 4.57 Å². The number of aryl methyl sites for hydroxylation is 1. The second-order valence-electron chi connectivity index (χ2n) is 7.86. The smallest absolute Gasteiger partial charge is 0.265 e. The largest absolute Gasteiger partial charge is 0.305 e. The van der Waals surface area contributed by atoms with Gasteiger partial charge >= 0.3 is 0 Å². The van der Waals surface area contributed by atoms with Crippen molar-refractivity contribution in [2.24, 2.45) is 0 Å². The summed E-state index contributed by atoms with van der Waals surface area (Å²) < 4.78 is 4.00. The average molecular weight is 375 g/mol. The molecule has 1 aliphatic rings. The van der Waals surface area contributed by atoms with Gasteiger partial charge in [0.2, 0.25) is 0 Å². The van der Waals surface area contributed by atoms with Gasteiger partial charge in [0.05, 0.1) is 11.0 Å². The Hall–Kier alpha value is -2.76. The van der Waals surface area contributed by atoms with E-state index in [1.807, 2.05) is 31.2 Å². The predicted octanol–water partition coefficient (Wildman–Crippen LogP) is 4.52. The molecule has 0 amide bonds. The van der Waals surface area contributed by atoms with Crippen molar-refractivity contribution in [2.75, 3.05) is 0 Å². The van der Waals surface area contributed by atoms with Crippen LogP contribution in [0.4, 0.5) is 0 Å². The van der Waals surface area contributed by atoms with Gasteiger partial charge in [0.1, 0.15) is 16.7 Å². The van der Waals surface area contributed by atoms with Crippen LogP contribution in [0, 0.1) is 6.92 Å². The molecule has 0 bridgehead atoms. The van der Waals surface area contributed by atoms with Gasteiger partial charge in [-0.25, -0.2) is 15.0 Å². The van der Waals surface area contributed by atoms with E-state index in [0.29, 0.717) is 23.5 Å². The lowest BCUT2D eigenvalue weighted by molar-refractivity contribution is 0.365. The minimum Gasteiger partial charge on any atom is -0.305 e. The van der Waals surface area contributed by atoms with E-state index in [9.17, 15) is 4.79 Å². The Morgan fingerprint density at radius 3 is 2.43 bits per heavy atom. The van der Waals surface area contributed by atoms with Gasteiger partial charge in [-0.2, -0.15) is 0 Å². The second-order valence-corrected chi connectivity index (χ2v) is 7.86. The molecule has 4 aromatic rings. The molecule has 3 heterocycles. The van der Waals surface area contributed by atoms with Gasteiger partial charge in [-0.15, -0.1) is 0 Å². The summed E-state index contributed by atoms with van der Waals surface area (Å²) in [4.78, 5) is 28.2. The Labute approximate surface area is 163 Å². The van der Waals surface area contributed by atoms with Crippen molar-refractivity contribution in [2.45, 2.75) is 65.0 Å². The van der Waals surface area contributed by atoms with Crippen LogP contribution in [0.1, 0.15) is 57.3 Å². The summed E-state index contributed by atoms with van der Waals surface area (Å²) in [6.07, 6.45) is 6.79. The molecule has 28 heavy (non-hydrogen) atoms. The highest BCUT2D eigenvalue weighted by Crippen LogP contribution is 2.35. The summed E-state index contributed by atoms with van der Waals surface area (Å²) in [5, 5.41) is 0.623. The molecular formula is C22H25N5O. The van der Waals surface area contributed by atoms with Crippen molar-refractivity contribution in [3.05, 3.63) is 40.4 Å². The highest BCUT2D eigenvalue weighted by Gasteiger charge is 2.26. The normalized spacial score (nSPS) is 15.8. The summed E-state index contributed by atoms with van der Waals surface area (Å²) in [7, 11) is 0. The maximum atomic E-state index is 13.4. The Kier molecular flexibility index (Phi) is 4.14. The molecule has 0 atom stereocenters. The van der Waals surface area contributed by atoms with Gasteiger partial charge in [0.15, 0.2) is 11.3 Å². The number of para-hydroxylation sites is 2. The number of benzene rings is 1. The fourth-order valence-electron chi connectivity index (χ4n) is 4.63. The van der Waals surface area contributed by atoms with Crippen LogP contribution in [0.5, 0.6) is 0 Å². The molecule has 6 heteroatoms. The average Bonchev–Trinajstić information content (AvgIpc) is 3.02. The number of fused-ring (bicyclic) bond motifs is 4. The third-order valence-corrected chi connectivity index (χ3v) is 5.97. The number of rotatable bonds is 3. The lowest BCUT2D eigenvalue weighted by atomic mass is 9.95. The first-order valence-corrected chi connectivity index (χ1v) is 10.4. The van der Waals surface area contributed by atoms with Crippen LogP contribution in [0.2, 0.25) is 0 Å². The van der Waals surface area contributed by atoms with Crippen molar-refractivity contribution in [3.8, 4) is 0 Å². The fourth-order valence-corrected chi connectivity index (χ4v) is 4.63. The molecule has 1 saturated carbocycles.